The van der Waals surface area contributed by atoms with E-state index in [1.54, 1.807) is 4.68 Å². The summed E-state index contributed by atoms with van der Waals surface area (Å²) >= 11 is 0. The van der Waals surface area contributed by atoms with Gasteiger partial charge in [0.2, 0.25) is 0 Å². The Hall–Kier alpha value is -3.53. The minimum Gasteiger partial charge on any atom is -0.289 e. The van der Waals surface area contributed by atoms with Gasteiger partial charge in [-0.15, -0.1) is 5.10 Å². The average Bonchev–Trinajstić information content (AvgIpc) is 3.18. The molecular formula is C23H19N3O. The summed E-state index contributed by atoms with van der Waals surface area (Å²) < 4.78 is 1.73. The molecular weight excluding hydrogens is 334 g/mol. The first-order chi connectivity index (χ1) is 13.1. The molecule has 0 fully saturated rings. The Morgan fingerprint density at radius 1 is 0.815 bits per heavy atom. The summed E-state index contributed by atoms with van der Waals surface area (Å²) in [5.74, 6) is -0.00594. The molecule has 4 aromatic rings. The molecule has 0 saturated heterocycles. The Balaban J connectivity index is 1.75. The van der Waals surface area contributed by atoms with Crippen LogP contribution in [0.25, 0.3) is 16.9 Å². The van der Waals surface area contributed by atoms with Crippen LogP contribution in [0.15, 0.2) is 79.0 Å². The van der Waals surface area contributed by atoms with Crippen molar-refractivity contribution >= 4 is 5.78 Å². The van der Waals surface area contributed by atoms with Crippen molar-refractivity contribution in [2.24, 2.45) is 0 Å². The van der Waals surface area contributed by atoms with Crippen LogP contribution in [0.3, 0.4) is 0 Å². The molecule has 0 aliphatic carbocycles. The van der Waals surface area contributed by atoms with Gasteiger partial charge < -0.3 is 0 Å². The molecule has 4 rings (SSSR count). The van der Waals surface area contributed by atoms with Crippen molar-refractivity contribution < 1.29 is 4.79 Å². The van der Waals surface area contributed by atoms with Crippen molar-refractivity contribution in [2.75, 3.05) is 0 Å². The first kappa shape index (κ1) is 16.9. The van der Waals surface area contributed by atoms with Gasteiger partial charge in [-0.3, -0.25) is 4.79 Å². The topological polar surface area (TPSA) is 47.8 Å². The number of carbonyl (C=O) groups excluding carboxylic acids is 1. The van der Waals surface area contributed by atoms with Gasteiger partial charge in [-0.1, -0.05) is 71.4 Å². The van der Waals surface area contributed by atoms with Crippen molar-refractivity contribution in [3.8, 4) is 16.9 Å². The molecule has 1 heterocycles. The molecule has 4 nitrogen and oxygen atoms in total. The third kappa shape index (κ3) is 3.29. The number of aromatic nitrogens is 3. The Morgan fingerprint density at radius 3 is 2.22 bits per heavy atom. The SMILES string of the molecule is Cc1ccc(-n2cc(-c3ccccc3C(=O)c3ccccc3C)nn2)cc1. The standard InChI is InChI=1S/C23H19N3O/c1-16-11-13-18(14-12-16)26-15-22(24-25-26)20-9-5-6-10-21(20)23(27)19-8-4-3-7-17(19)2/h3-15H,1-2H3. The number of rotatable bonds is 4. The maximum atomic E-state index is 13.1. The highest BCUT2D eigenvalue weighted by Gasteiger charge is 2.18. The number of carbonyl (C=O) groups is 1. The van der Waals surface area contributed by atoms with Crippen LogP contribution in [-0.2, 0) is 0 Å². The van der Waals surface area contributed by atoms with E-state index in [1.165, 1.54) is 5.56 Å². The van der Waals surface area contributed by atoms with E-state index in [-0.39, 0.29) is 5.78 Å². The fourth-order valence-electron chi connectivity index (χ4n) is 3.09. The van der Waals surface area contributed by atoms with E-state index in [4.69, 9.17) is 0 Å². The molecule has 27 heavy (non-hydrogen) atoms. The summed E-state index contributed by atoms with van der Waals surface area (Å²) in [6, 6.07) is 23.2. The molecule has 0 unspecified atom stereocenters. The second-order valence-electron chi connectivity index (χ2n) is 6.57. The highest BCUT2D eigenvalue weighted by molar-refractivity contribution is 6.13. The molecule has 0 spiro atoms. The van der Waals surface area contributed by atoms with E-state index in [0.717, 1.165) is 16.8 Å². The third-order valence-corrected chi connectivity index (χ3v) is 4.63. The van der Waals surface area contributed by atoms with Crippen LogP contribution < -0.4 is 0 Å². The minimum atomic E-state index is -0.00594. The van der Waals surface area contributed by atoms with E-state index < -0.39 is 0 Å². The molecule has 0 amide bonds. The molecule has 0 saturated carbocycles. The predicted molar refractivity (Wildman–Crippen MR) is 106 cm³/mol. The van der Waals surface area contributed by atoms with Crippen molar-refractivity contribution in [3.05, 3.63) is 101 Å². The van der Waals surface area contributed by atoms with E-state index in [1.807, 2.05) is 92.8 Å². The Kier molecular flexibility index (Phi) is 4.38. The van der Waals surface area contributed by atoms with Crippen LogP contribution in [0, 0.1) is 13.8 Å². The molecule has 132 valence electrons. The van der Waals surface area contributed by atoms with Crippen molar-refractivity contribution in [2.45, 2.75) is 13.8 Å². The third-order valence-electron chi connectivity index (χ3n) is 4.63. The summed E-state index contributed by atoms with van der Waals surface area (Å²) in [4.78, 5) is 13.1. The lowest BCUT2D eigenvalue weighted by atomic mass is 9.94. The second-order valence-corrected chi connectivity index (χ2v) is 6.57. The highest BCUT2D eigenvalue weighted by Crippen LogP contribution is 2.25. The lowest BCUT2D eigenvalue weighted by molar-refractivity contribution is 0.103. The average molecular weight is 353 g/mol. The van der Waals surface area contributed by atoms with Gasteiger partial charge in [0.15, 0.2) is 5.78 Å². The van der Waals surface area contributed by atoms with Gasteiger partial charge in [0, 0.05) is 16.7 Å². The van der Waals surface area contributed by atoms with Crippen LogP contribution >= 0.6 is 0 Å². The molecule has 3 aromatic carbocycles. The zero-order chi connectivity index (χ0) is 18.8. The molecule has 0 atom stereocenters. The maximum Gasteiger partial charge on any atom is 0.193 e. The van der Waals surface area contributed by atoms with Gasteiger partial charge in [0.25, 0.3) is 0 Å². The Morgan fingerprint density at radius 2 is 1.48 bits per heavy atom. The molecule has 0 aliphatic heterocycles. The van der Waals surface area contributed by atoms with E-state index in [0.29, 0.717) is 16.8 Å². The first-order valence-electron chi connectivity index (χ1n) is 8.82. The van der Waals surface area contributed by atoms with Crippen molar-refractivity contribution in [1.29, 1.82) is 0 Å². The van der Waals surface area contributed by atoms with Crippen LogP contribution in [0.4, 0.5) is 0 Å². The van der Waals surface area contributed by atoms with Gasteiger partial charge in [-0.25, -0.2) is 4.68 Å². The fourth-order valence-corrected chi connectivity index (χ4v) is 3.09. The molecule has 0 aliphatic rings. The van der Waals surface area contributed by atoms with Gasteiger partial charge in [0.05, 0.1) is 11.9 Å². The Labute approximate surface area is 158 Å². The van der Waals surface area contributed by atoms with Crippen LogP contribution in [0.2, 0.25) is 0 Å². The van der Waals surface area contributed by atoms with E-state index in [9.17, 15) is 4.79 Å². The minimum absolute atomic E-state index is 0.00594. The fraction of sp³-hybridized carbons (Fsp3) is 0.0870. The van der Waals surface area contributed by atoms with Crippen molar-refractivity contribution in [1.82, 2.24) is 15.0 Å². The normalized spacial score (nSPS) is 10.7. The van der Waals surface area contributed by atoms with Gasteiger partial charge in [-0.05, 0) is 31.5 Å². The zero-order valence-corrected chi connectivity index (χ0v) is 15.3. The van der Waals surface area contributed by atoms with Crippen LogP contribution in [-0.4, -0.2) is 20.8 Å². The number of aryl methyl sites for hydroxylation is 2. The van der Waals surface area contributed by atoms with Crippen LogP contribution in [0.5, 0.6) is 0 Å². The largest absolute Gasteiger partial charge is 0.289 e. The summed E-state index contributed by atoms with van der Waals surface area (Å²) in [5.41, 5.74) is 5.87. The summed E-state index contributed by atoms with van der Waals surface area (Å²) in [6.07, 6.45) is 1.86. The van der Waals surface area contributed by atoms with Gasteiger partial charge >= 0.3 is 0 Å². The molecule has 0 N–H and O–H groups in total. The number of ketones is 1. The zero-order valence-electron chi connectivity index (χ0n) is 15.3. The second kappa shape index (κ2) is 7.00. The number of hydrogen-bond donors (Lipinski definition) is 0. The molecule has 0 radical (unpaired) electrons. The molecule has 4 heteroatoms. The summed E-state index contributed by atoms with van der Waals surface area (Å²) in [5, 5.41) is 8.54. The summed E-state index contributed by atoms with van der Waals surface area (Å²) in [7, 11) is 0. The van der Waals surface area contributed by atoms with E-state index in [2.05, 4.69) is 10.3 Å². The maximum absolute atomic E-state index is 13.1. The number of hydrogen-bond acceptors (Lipinski definition) is 3. The predicted octanol–water partition coefficient (Wildman–Crippen LogP) is 4.78. The summed E-state index contributed by atoms with van der Waals surface area (Å²) in [6.45, 7) is 3.99. The quantitative estimate of drug-likeness (QED) is 0.496. The smallest absolute Gasteiger partial charge is 0.193 e. The Bertz CT molecular complexity index is 1110. The van der Waals surface area contributed by atoms with Gasteiger partial charge in [-0.2, -0.15) is 0 Å². The lowest BCUT2D eigenvalue weighted by Crippen LogP contribution is -2.05. The molecule has 1 aromatic heterocycles. The number of nitrogens with zero attached hydrogens (tertiary/aromatic N) is 3. The lowest BCUT2D eigenvalue weighted by Gasteiger charge is -2.08. The first-order valence-corrected chi connectivity index (χ1v) is 8.82. The van der Waals surface area contributed by atoms with Crippen molar-refractivity contribution in [3.63, 3.8) is 0 Å². The monoisotopic (exact) mass is 353 g/mol. The molecule has 0 bridgehead atoms. The van der Waals surface area contributed by atoms with Crippen LogP contribution in [0.1, 0.15) is 27.0 Å². The highest BCUT2D eigenvalue weighted by atomic mass is 16.1. The number of benzene rings is 3. The van der Waals surface area contributed by atoms with E-state index >= 15 is 0 Å². The van der Waals surface area contributed by atoms with Gasteiger partial charge in [0.1, 0.15) is 5.69 Å².